The molecule has 0 amide bonds. The van der Waals surface area contributed by atoms with Crippen LogP contribution in [0.4, 0.5) is 8.78 Å². The second kappa shape index (κ2) is 4.28. The monoisotopic (exact) mass is 312 g/mol. The van der Waals surface area contributed by atoms with Crippen LogP contribution >= 0.6 is 31.9 Å². The summed E-state index contributed by atoms with van der Waals surface area (Å²) in [5.41, 5.74) is -0.253. The van der Waals surface area contributed by atoms with Crippen LogP contribution in [0, 0.1) is 11.6 Å². The average molecular weight is 314 g/mol. The number of halogens is 4. The first-order valence-electron chi connectivity index (χ1n) is 3.30. The molecule has 0 N–H and O–H groups in total. The van der Waals surface area contributed by atoms with E-state index in [9.17, 15) is 13.6 Å². The third-order valence-electron chi connectivity index (χ3n) is 1.44. The Labute approximate surface area is 90.4 Å². The van der Waals surface area contributed by atoms with Crippen LogP contribution in [0.3, 0.4) is 0 Å². The van der Waals surface area contributed by atoms with Gasteiger partial charge in [0.05, 0.1) is 15.4 Å². The minimum Gasteiger partial charge on any atom is -0.293 e. The fourth-order valence-electron chi connectivity index (χ4n) is 0.849. The Morgan fingerprint density at radius 2 is 1.85 bits per heavy atom. The molecule has 0 heterocycles. The molecule has 1 aromatic rings. The van der Waals surface area contributed by atoms with Gasteiger partial charge in [0.2, 0.25) is 0 Å². The molecule has 0 atom stereocenters. The molecule has 0 aromatic heterocycles. The molecule has 0 saturated carbocycles. The van der Waals surface area contributed by atoms with Crippen molar-refractivity contribution in [2.45, 2.75) is 0 Å². The number of ketones is 1. The van der Waals surface area contributed by atoms with E-state index in [2.05, 4.69) is 31.9 Å². The maximum atomic E-state index is 13.0. The van der Waals surface area contributed by atoms with Crippen LogP contribution < -0.4 is 0 Å². The second-order valence-electron chi connectivity index (χ2n) is 2.27. The first kappa shape index (κ1) is 10.8. The number of rotatable bonds is 2. The summed E-state index contributed by atoms with van der Waals surface area (Å²) in [5.74, 6) is -1.87. The molecule has 0 aliphatic rings. The number of carbonyl (C=O) groups excluding carboxylic acids is 1. The number of alkyl halides is 1. The topological polar surface area (TPSA) is 17.1 Å². The van der Waals surface area contributed by atoms with Crippen molar-refractivity contribution in [1.29, 1.82) is 0 Å². The van der Waals surface area contributed by atoms with Gasteiger partial charge in [-0.25, -0.2) is 8.78 Å². The van der Waals surface area contributed by atoms with E-state index in [4.69, 9.17) is 0 Å². The SMILES string of the molecule is O=C(CBr)c1c(F)ccc(F)c1Br. The van der Waals surface area contributed by atoms with E-state index in [-0.39, 0.29) is 15.4 Å². The predicted molar refractivity (Wildman–Crippen MR) is 52.2 cm³/mol. The molecule has 0 aliphatic carbocycles. The molecule has 0 saturated heterocycles. The highest BCUT2D eigenvalue weighted by molar-refractivity contribution is 9.10. The smallest absolute Gasteiger partial charge is 0.177 e. The van der Waals surface area contributed by atoms with Gasteiger partial charge in [-0.1, -0.05) is 15.9 Å². The number of hydrogen-bond donors (Lipinski definition) is 0. The van der Waals surface area contributed by atoms with Crippen LogP contribution in [0.25, 0.3) is 0 Å². The highest BCUT2D eigenvalue weighted by Crippen LogP contribution is 2.24. The van der Waals surface area contributed by atoms with Gasteiger partial charge in [-0.2, -0.15) is 0 Å². The Bertz CT molecular complexity index is 352. The highest BCUT2D eigenvalue weighted by atomic mass is 79.9. The van der Waals surface area contributed by atoms with Crippen LogP contribution in [0.1, 0.15) is 10.4 Å². The maximum absolute atomic E-state index is 13.0. The molecule has 1 aromatic carbocycles. The molecule has 0 fully saturated rings. The molecule has 0 aliphatic heterocycles. The van der Waals surface area contributed by atoms with Crippen LogP contribution in [0.5, 0.6) is 0 Å². The quantitative estimate of drug-likeness (QED) is 0.465. The average Bonchev–Trinajstić information content (AvgIpc) is 2.12. The summed E-state index contributed by atoms with van der Waals surface area (Å²) in [5, 5.41) is -0.0357. The van der Waals surface area contributed by atoms with E-state index in [0.717, 1.165) is 12.1 Å². The summed E-state index contributed by atoms with van der Waals surface area (Å²) in [4.78, 5) is 11.1. The standard InChI is InChI=1S/C8H4Br2F2O/c9-3-6(13)7-4(11)1-2-5(12)8(7)10/h1-2H,3H2. The molecular weight excluding hydrogens is 310 g/mol. The van der Waals surface area contributed by atoms with E-state index in [1.807, 2.05) is 0 Å². The summed E-state index contributed by atoms with van der Waals surface area (Å²) in [6.07, 6.45) is 0. The zero-order valence-electron chi connectivity index (χ0n) is 6.28. The Kier molecular flexibility index (Phi) is 3.55. The van der Waals surface area contributed by atoms with Gasteiger partial charge in [-0.15, -0.1) is 0 Å². The molecule has 1 nitrogen and oxygen atoms in total. The van der Waals surface area contributed by atoms with Crippen molar-refractivity contribution in [3.05, 3.63) is 33.8 Å². The number of carbonyl (C=O) groups is 1. The van der Waals surface area contributed by atoms with Gasteiger partial charge in [-0.3, -0.25) is 4.79 Å². The van der Waals surface area contributed by atoms with Crippen molar-refractivity contribution < 1.29 is 13.6 Å². The lowest BCUT2D eigenvalue weighted by Gasteiger charge is -2.03. The van der Waals surface area contributed by atoms with Crippen molar-refractivity contribution in [3.8, 4) is 0 Å². The molecule has 70 valence electrons. The van der Waals surface area contributed by atoms with Crippen molar-refractivity contribution in [3.63, 3.8) is 0 Å². The number of hydrogen-bond acceptors (Lipinski definition) is 1. The van der Waals surface area contributed by atoms with Crippen LogP contribution in [0.2, 0.25) is 0 Å². The molecule has 0 radical (unpaired) electrons. The first-order valence-corrected chi connectivity index (χ1v) is 5.22. The highest BCUT2D eigenvalue weighted by Gasteiger charge is 2.17. The van der Waals surface area contributed by atoms with Crippen LogP contribution in [-0.4, -0.2) is 11.1 Å². The van der Waals surface area contributed by atoms with Gasteiger partial charge in [-0.05, 0) is 28.1 Å². The lowest BCUT2D eigenvalue weighted by Crippen LogP contribution is -2.05. The van der Waals surface area contributed by atoms with Crippen LogP contribution in [-0.2, 0) is 0 Å². The third-order valence-corrected chi connectivity index (χ3v) is 2.73. The molecular formula is C8H4Br2F2O. The Balaban J connectivity index is 3.33. The Hall–Kier alpha value is -0.290. The van der Waals surface area contributed by atoms with E-state index in [1.165, 1.54) is 0 Å². The lowest BCUT2D eigenvalue weighted by molar-refractivity contribution is 0.101. The van der Waals surface area contributed by atoms with Crippen molar-refractivity contribution in [2.24, 2.45) is 0 Å². The van der Waals surface area contributed by atoms with E-state index in [1.54, 1.807) is 0 Å². The van der Waals surface area contributed by atoms with Gasteiger partial charge < -0.3 is 0 Å². The summed E-state index contributed by atoms with van der Waals surface area (Å²) in [6.45, 7) is 0. The molecule has 1 rings (SSSR count). The minimum absolute atomic E-state index is 0.0357. The summed E-state index contributed by atoms with van der Waals surface area (Å²) in [6, 6.07) is 1.89. The van der Waals surface area contributed by atoms with Crippen molar-refractivity contribution in [2.75, 3.05) is 5.33 Å². The molecule has 13 heavy (non-hydrogen) atoms. The van der Waals surface area contributed by atoms with Gasteiger partial charge >= 0.3 is 0 Å². The molecule has 0 spiro atoms. The van der Waals surface area contributed by atoms with Crippen molar-refractivity contribution >= 4 is 37.6 Å². The van der Waals surface area contributed by atoms with Crippen molar-refractivity contribution in [1.82, 2.24) is 0 Å². The second-order valence-corrected chi connectivity index (χ2v) is 3.63. The molecule has 5 heteroatoms. The summed E-state index contributed by atoms with van der Waals surface area (Å²) in [7, 11) is 0. The minimum atomic E-state index is -0.724. The predicted octanol–water partition coefficient (Wildman–Crippen LogP) is 3.30. The third kappa shape index (κ3) is 2.14. The van der Waals surface area contributed by atoms with Gasteiger partial charge in [0, 0.05) is 0 Å². The lowest BCUT2D eigenvalue weighted by atomic mass is 10.1. The van der Waals surface area contributed by atoms with E-state index >= 15 is 0 Å². The Morgan fingerprint density at radius 1 is 1.31 bits per heavy atom. The Morgan fingerprint density at radius 3 is 2.38 bits per heavy atom. The zero-order chi connectivity index (χ0) is 10.0. The normalized spacial score (nSPS) is 10.2. The number of Topliss-reactive ketones (excluding diaryl/α,β-unsaturated/α-hetero) is 1. The first-order chi connectivity index (χ1) is 6.07. The fourth-order valence-corrected chi connectivity index (χ4v) is 1.67. The van der Waals surface area contributed by atoms with Crippen LogP contribution in [0.15, 0.2) is 16.6 Å². The zero-order valence-corrected chi connectivity index (χ0v) is 9.45. The fraction of sp³-hybridized carbons (Fsp3) is 0.125. The summed E-state index contributed by atoms with van der Waals surface area (Å²) >= 11 is 5.70. The van der Waals surface area contributed by atoms with Gasteiger partial charge in [0.25, 0.3) is 0 Å². The van der Waals surface area contributed by atoms with Gasteiger partial charge in [0.15, 0.2) is 5.78 Å². The maximum Gasteiger partial charge on any atom is 0.177 e. The number of benzene rings is 1. The summed E-state index contributed by atoms with van der Waals surface area (Å²) < 4.78 is 25.8. The largest absolute Gasteiger partial charge is 0.293 e. The van der Waals surface area contributed by atoms with E-state index < -0.39 is 17.4 Å². The van der Waals surface area contributed by atoms with Gasteiger partial charge in [0.1, 0.15) is 11.6 Å². The van der Waals surface area contributed by atoms with E-state index in [0.29, 0.717) is 0 Å². The molecule has 0 unspecified atom stereocenters. The molecule has 0 bridgehead atoms.